The summed E-state index contributed by atoms with van der Waals surface area (Å²) >= 11 is 0. The molecule has 5 heteroatoms. The van der Waals surface area contributed by atoms with Crippen molar-refractivity contribution >= 4 is 5.97 Å². The molecular formula is C13H19NO4. The number of hydrogen-bond acceptors (Lipinski definition) is 4. The lowest BCUT2D eigenvalue weighted by molar-refractivity contribution is -0.138. The first-order valence-corrected chi connectivity index (χ1v) is 5.67. The van der Waals surface area contributed by atoms with Crippen LogP contribution in [0.4, 0.5) is 0 Å². The normalized spacial score (nSPS) is 13.3. The van der Waals surface area contributed by atoms with E-state index < -0.39 is 17.6 Å². The number of carboxylic acids is 1. The van der Waals surface area contributed by atoms with Gasteiger partial charge in [0.25, 0.3) is 0 Å². The summed E-state index contributed by atoms with van der Waals surface area (Å²) in [5.74, 6) is -2.89. The number of nitrogens with two attached hydrogens (primary N) is 1. The fourth-order valence-electron chi connectivity index (χ4n) is 1.70. The quantitative estimate of drug-likeness (QED) is 0.611. The number of benzene rings is 1. The molecule has 0 aromatic heterocycles. The van der Waals surface area contributed by atoms with Gasteiger partial charge in [-0.3, -0.25) is 4.79 Å². The summed E-state index contributed by atoms with van der Waals surface area (Å²) < 4.78 is 0. The first kappa shape index (κ1) is 14.3. The fraction of sp³-hybridized carbons (Fsp3) is 0.462. The maximum atomic E-state index is 11.1. The minimum absolute atomic E-state index is 0.143. The smallest absolute Gasteiger partial charge is 0.312 e. The highest BCUT2D eigenvalue weighted by atomic mass is 16.4. The number of aromatic hydroxyl groups is 2. The molecule has 1 atom stereocenters. The number of phenolic OH excluding ortho intramolecular Hbond substituents is 2. The van der Waals surface area contributed by atoms with E-state index in [-0.39, 0.29) is 23.3 Å². The molecule has 1 rings (SSSR count). The van der Waals surface area contributed by atoms with Crippen LogP contribution in [-0.4, -0.2) is 27.8 Å². The lowest BCUT2D eigenvalue weighted by Crippen LogP contribution is -2.22. The van der Waals surface area contributed by atoms with E-state index in [1.165, 1.54) is 6.07 Å². The van der Waals surface area contributed by atoms with Crippen molar-refractivity contribution in [3.63, 3.8) is 0 Å². The zero-order valence-corrected chi connectivity index (χ0v) is 10.8. The van der Waals surface area contributed by atoms with Gasteiger partial charge in [0.05, 0.1) is 5.92 Å². The Hall–Kier alpha value is -1.75. The van der Waals surface area contributed by atoms with Gasteiger partial charge in [-0.1, -0.05) is 26.8 Å². The van der Waals surface area contributed by atoms with Crippen molar-refractivity contribution in [3.8, 4) is 11.5 Å². The van der Waals surface area contributed by atoms with Crippen LogP contribution < -0.4 is 5.73 Å². The molecule has 5 N–H and O–H groups in total. The number of carboxylic acid groups (broad SMARTS) is 1. The summed E-state index contributed by atoms with van der Waals surface area (Å²) in [4.78, 5) is 11.1. The molecule has 0 bridgehead atoms. The predicted molar refractivity (Wildman–Crippen MR) is 67.9 cm³/mol. The third-order valence-electron chi connectivity index (χ3n) is 2.89. The number of hydrogen-bond donors (Lipinski definition) is 4. The Balaban J connectivity index is 3.43. The van der Waals surface area contributed by atoms with E-state index in [0.29, 0.717) is 0 Å². The standard InChI is InChI=1S/C13H19NO4/c1-13(2,3)7-4-8(9(6-14)12(17)18)11(16)10(15)5-7/h4-5,9,15-16H,6,14H2,1-3H3,(H,17,18). The second kappa shape index (κ2) is 4.86. The van der Waals surface area contributed by atoms with Gasteiger partial charge in [0.2, 0.25) is 0 Å². The van der Waals surface area contributed by atoms with E-state index in [1.54, 1.807) is 6.07 Å². The molecule has 0 aliphatic carbocycles. The van der Waals surface area contributed by atoms with Crippen molar-refractivity contribution in [3.05, 3.63) is 23.3 Å². The molecule has 0 aliphatic rings. The van der Waals surface area contributed by atoms with Crippen molar-refractivity contribution in [1.29, 1.82) is 0 Å². The molecule has 0 heterocycles. The van der Waals surface area contributed by atoms with E-state index in [9.17, 15) is 15.0 Å². The van der Waals surface area contributed by atoms with Gasteiger partial charge in [-0.15, -0.1) is 0 Å². The SMILES string of the molecule is CC(C)(C)c1cc(O)c(O)c(C(CN)C(=O)O)c1. The van der Waals surface area contributed by atoms with Gasteiger partial charge in [0, 0.05) is 12.1 Å². The van der Waals surface area contributed by atoms with E-state index in [2.05, 4.69) is 0 Å². The monoisotopic (exact) mass is 253 g/mol. The highest BCUT2D eigenvalue weighted by Crippen LogP contribution is 2.38. The molecule has 0 saturated heterocycles. The second-order valence-electron chi connectivity index (χ2n) is 5.31. The fourth-order valence-corrected chi connectivity index (χ4v) is 1.70. The summed E-state index contributed by atoms with van der Waals surface area (Å²) in [7, 11) is 0. The van der Waals surface area contributed by atoms with Crippen LogP contribution in [0.2, 0.25) is 0 Å². The molecule has 0 radical (unpaired) electrons. The molecule has 18 heavy (non-hydrogen) atoms. The first-order valence-electron chi connectivity index (χ1n) is 5.67. The molecule has 5 nitrogen and oxygen atoms in total. The van der Waals surface area contributed by atoms with Gasteiger partial charge in [-0.05, 0) is 17.0 Å². The van der Waals surface area contributed by atoms with E-state index in [0.717, 1.165) is 5.56 Å². The average molecular weight is 253 g/mol. The molecule has 1 aromatic rings. The van der Waals surface area contributed by atoms with Crippen molar-refractivity contribution in [1.82, 2.24) is 0 Å². The van der Waals surface area contributed by atoms with E-state index in [4.69, 9.17) is 10.8 Å². The Labute approximate surface area is 106 Å². The number of phenols is 2. The average Bonchev–Trinajstić information content (AvgIpc) is 2.22. The Morgan fingerprint density at radius 3 is 2.28 bits per heavy atom. The molecule has 100 valence electrons. The van der Waals surface area contributed by atoms with Gasteiger partial charge in [0.1, 0.15) is 0 Å². The van der Waals surface area contributed by atoms with Crippen molar-refractivity contribution in [2.24, 2.45) is 5.73 Å². The van der Waals surface area contributed by atoms with Crippen molar-refractivity contribution in [2.75, 3.05) is 6.54 Å². The largest absolute Gasteiger partial charge is 0.504 e. The summed E-state index contributed by atoms with van der Waals surface area (Å²) in [6, 6.07) is 3.02. The van der Waals surface area contributed by atoms with Crippen molar-refractivity contribution in [2.45, 2.75) is 32.1 Å². The Morgan fingerprint density at radius 1 is 1.33 bits per heavy atom. The predicted octanol–water partition coefficient (Wildman–Crippen LogP) is 1.52. The van der Waals surface area contributed by atoms with Crippen LogP contribution in [0.3, 0.4) is 0 Å². The first-order chi connectivity index (χ1) is 8.18. The number of aliphatic carboxylic acids is 1. The number of rotatable bonds is 3. The Morgan fingerprint density at radius 2 is 1.89 bits per heavy atom. The second-order valence-corrected chi connectivity index (χ2v) is 5.31. The van der Waals surface area contributed by atoms with Crippen LogP contribution in [0.15, 0.2) is 12.1 Å². The summed E-state index contributed by atoms with van der Waals surface area (Å²) in [6.07, 6.45) is 0. The van der Waals surface area contributed by atoms with Gasteiger partial charge in [-0.2, -0.15) is 0 Å². The van der Waals surface area contributed by atoms with Gasteiger partial charge < -0.3 is 21.1 Å². The molecule has 0 amide bonds. The minimum atomic E-state index is -1.13. The highest BCUT2D eigenvalue weighted by molar-refractivity contribution is 5.78. The summed E-state index contributed by atoms with van der Waals surface area (Å²) in [6.45, 7) is 5.65. The van der Waals surface area contributed by atoms with E-state index >= 15 is 0 Å². The third kappa shape index (κ3) is 2.73. The Bertz CT molecular complexity index is 463. The molecule has 0 spiro atoms. The maximum Gasteiger partial charge on any atom is 0.312 e. The highest BCUT2D eigenvalue weighted by Gasteiger charge is 2.26. The lowest BCUT2D eigenvalue weighted by Gasteiger charge is -2.22. The van der Waals surface area contributed by atoms with Crippen LogP contribution in [0.5, 0.6) is 11.5 Å². The van der Waals surface area contributed by atoms with Crippen LogP contribution in [0.1, 0.15) is 37.8 Å². The molecule has 1 unspecified atom stereocenters. The summed E-state index contributed by atoms with van der Waals surface area (Å²) in [5, 5.41) is 28.5. The molecule has 0 fully saturated rings. The molecule has 1 aromatic carbocycles. The van der Waals surface area contributed by atoms with Gasteiger partial charge in [0.15, 0.2) is 11.5 Å². The van der Waals surface area contributed by atoms with Gasteiger partial charge in [-0.25, -0.2) is 0 Å². The number of carbonyl (C=O) groups is 1. The summed E-state index contributed by atoms with van der Waals surface area (Å²) in [5.41, 5.74) is 6.04. The lowest BCUT2D eigenvalue weighted by atomic mass is 9.84. The topological polar surface area (TPSA) is 104 Å². The van der Waals surface area contributed by atoms with Crippen molar-refractivity contribution < 1.29 is 20.1 Å². The van der Waals surface area contributed by atoms with E-state index in [1.807, 2.05) is 20.8 Å². The third-order valence-corrected chi connectivity index (χ3v) is 2.89. The Kier molecular flexibility index (Phi) is 3.86. The minimum Gasteiger partial charge on any atom is -0.504 e. The maximum absolute atomic E-state index is 11.1. The van der Waals surface area contributed by atoms with Crippen LogP contribution in [0, 0.1) is 0 Å². The molecule has 0 aliphatic heterocycles. The van der Waals surface area contributed by atoms with Crippen LogP contribution >= 0.6 is 0 Å². The molecular weight excluding hydrogens is 234 g/mol. The van der Waals surface area contributed by atoms with Crippen LogP contribution in [0.25, 0.3) is 0 Å². The molecule has 0 saturated carbocycles. The zero-order valence-electron chi connectivity index (χ0n) is 10.8. The van der Waals surface area contributed by atoms with Gasteiger partial charge >= 0.3 is 5.97 Å². The zero-order chi connectivity index (χ0) is 14.1. The van der Waals surface area contributed by atoms with Crippen LogP contribution in [-0.2, 0) is 10.2 Å².